The molecule has 6 heteroatoms. The van der Waals surface area contributed by atoms with Crippen molar-refractivity contribution in [2.24, 2.45) is 0 Å². The molecule has 1 saturated heterocycles. The van der Waals surface area contributed by atoms with E-state index in [4.69, 9.17) is 21.1 Å². The number of hydrogen-bond acceptors (Lipinski definition) is 3. The molecular formula is C20H21ClFNO3. The number of carbonyl (C=O) groups is 1. The summed E-state index contributed by atoms with van der Waals surface area (Å²) >= 11 is 6.17. The number of amides is 1. The lowest BCUT2D eigenvalue weighted by Crippen LogP contribution is -2.47. The van der Waals surface area contributed by atoms with Crippen LogP contribution >= 0.6 is 11.6 Å². The summed E-state index contributed by atoms with van der Waals surface area (Å²) in [4.78, 5) is 14.5. The first-order valence-corrected chi connectivity index (χ1v) is 8.90. The minimum atomic E-state index is -0.289. The van der Waals surface area contributed by atoms with Crippen LogP contribution in [0.15, 0.2) is 42.5 Å². The first kappa shape index (κ1) is 18.8. The van der Waals surface area contributed by atoms with E-state index in [1.54, 1.807) is 35.2 Å². The van der Waals surface area contributed by atoms with Crippen LogP contribution in [0.2, 0.25) is 5.02 Å². The maximum Gasteiger partial charge on any atom is 0.255 e. The van der Waals surface area contributed by atoms with Crippen LogP contribution in [-0.2, 0) is 16.1 Å². The number of ether oxygens (including phenoxy) is 2. The molecule has 2 aromatic rings. The van der Waals surface area contributed by atoms with Crippen molar-refractivity contribution in [3.63, 3.8) is 0 Å². The molecule has 1 amide bonds. The number of morpholine rings is 1. The van der Waals surface area contributed by atoms with Gasteiger partial charge in [0.25, 0.3) is 5.91 Å². The van der Waals surface area contributed by atoms with Gasteiger partial charge >= 0.3 is 0 Å². The Morgan fingerprint density at radius 2 is 2.15 bits per heavy atom. The van der Waals surface area contributed by atoms with Crippen LogP contribution in [0.3, 0.4) is 0 Å². The van der Waals surface area contributed by atoms with Gasteiger partial charge in [-0.05, 0) is 25.1 Å². The smallest absolute Gasteiger partial charge is 0.255 e. The molecule has 1 aliphatic rings. The van der Waals surface area contributed by atoms with Crippen molar-refractivity contribution in [3.05, 3.63) is 70.0 Å². The molecule has 0 N–H and O–H groups in total. The van der Waals surface area contributed by atoms with Gasteiger partial charge < -0.3 is 14.4 Å². The molecule has 1 unspecified atom stereocenters. The van der Waals surface area contributed by atoms with Crippen molar-refractivity contribution in [1.29, 1.82) is 0 Å². The van der Waals surface area contributed by atoms with Crippen LogP contribution in [0.25, 0.3) is 0 Å². The molecule has 0 spiro atoms. The van der Waals surface area contributed by atoms with Gasteiger partial charge in [0, 0.05) is 18.7 Å². The van der Waals surface area contributed by atoms with E-state index < -0.39 is 0 Å². The zero-order valence-corrected chi connectivity index (χ0v) is 15.3. The minimum absolute atomic E-state index is 0.110. The van der Waals surface area contributed by atoms with Gasteiger partial charge in [0.05, 0.1) is 36.5 Å². The van der Waals surface area contributed by atoms with E-state index in [1.165, 1.54) is 6.07 Å². The third-order valence-corrected chi connectivity index (χ3v) is 4.63. The fourth-order valence-electron chi connectivity index (χ4n) is 2.89. The van der Waals surface area contributed by atoms with Crippen LogP contribution in [0.5, 0.6) is 0 Å². The second-order valence-electron chi connectivity index (χ2n) is 6.33. The number of aryl methyl sites for hydroxylation is 1. The second kappa shape index (κ2) is 8.62. The number of hydrogen-bond donors (Lipinski definition) is 0. The predicted octanol–water partition coefficient (Wildman–Crippen LogP) is 3.85. The van der Waals surface area contributed by atoms with Crippen LogP contribution in [-0.4, -0.2) is 43.2 Å². The van der Waals surface area contributed by atoms with Gasteiger partial charge in [0.1, 0.15) is 5.82 Å². The van der Waals surface area contributed by atoms with Gasteiger partial charge in [-0.15, -0.1) is 0 Å². The molecule has 138 valence electrons. The third-order valence-electron chi connectivity index (χ3n) is 4.30. The maximum atomic E-state index is 13.6. The Bertz CT molecular complexity index is 783. The molecule has 2 aromatic carbocycles. The molecule has 0 bridgehead atoms. The quantitative estimate of drug-likeness (QED) is 0.794. The van der Waals surface area contributed by atoms with Crippen molar-refractivity contribution in [2.75, 3.05) is 26.3 Å². The number of benzene rings is 2. The molecule has 0 aromatic heterocycles. The first-order chi connectivity index (χ1) is 12.5. The summed E-state index contributed by atoms with van der Waals surface area (Å²) in [7, 11) is 0. The monoisotopic (exact) mass is 377 g/mol. The SMILES string of the molecule is Cc1ccc(Cl)c(C(=O)N2CCOC(COCc3ccccc3F)C2)c1. The molecule has 1 atom stereocenters. The lowest BCUT2D eigenvalue weighted by molar-refractivity contribution is -0.0649. The van der Waals surface area contributed by atoms with E-state index >= 15 is 0 Å². The summed E-state index contributed by atoms with van der Waals surface area (Å²) in [6.07, 6.45) is -0.247. The largest absolute Gasteiger partial charge is 0.374 e. The number of nitrogens with zero attached hydrogens (tertiary/aromatic N) is 1. The first-order valence-electron chi connectivity index (χ1n) is 8.53. The predicted molar refractivity (Wildman–Crippen MR) is 97.9 cm³/mol. The Balaban J connectivity index is 1.56. The molecule has 0 saturated carbocycles. The highest BCUT2D eigenvalue weighted by Crippen LogP contribution is 2.21. The normalized spacial score (nSPS) is 17.3. The summed E-state index contributed by atoms with van der Waals surface area (Å²) in [5.41, 5.74) is 1.98. The Morgan fingerprint density at radius 1 is 1.35 bits per heavy atom. The maximum absolute atomic E-state index is 13.6. The van der Waals surface area contributed by atoms with E-state index in [1.807, 2.05) is 13.0 Å². The van der Waals surface area contributed by atoms with Crippen LogP contribution in [0, 0.1) is 12.7 Å². The minimum Gasteiger partial charge on any atom is -0.374 e. The number of carbonyl (C=O) groups excluding carboxylic acids is 1. The third kappa shape index (κ3) is 4.61. The van der Waals surface area contributed by atoms with Crippen molar-refractivity contribution >= 4 is 17.5 Å². The van der Waals surface area contributed by atoms with Crippen LogP contribution < -0.4 is 0 Å². The van der Waals surface area contributed by atoms with Gasteiger partial charge in [-0.1, -0.05) is 41.4 Å². The van der Waals surface area contributed by atoms with Gasteiger partial charge in [-0.2, -0.15) is 0 Å². The highest BCUT2D eigenvalue weighted by Gasteiger charge is 2.26. The van der Waals surface area contributed by atoms with Gasteiger partial charge in [0.2, 0.25) is 0 Å². The Hall–Kier alpha value is -1.95. The van der Waals surface area contributed by atoms with E-state index in [0.29, 0.717) is 42.5 Å². The Kier molecular flexibility index (Phi) is 6.25. The van der Waals surface area contributed by atoms with E-state index in [9.17, 15) is 9.18 Å². The van der Waals surface area contributed by atoms with Crippen LogP contribution in [0.1, 0.15) is 21.5 Å². The number of rotatable bonds is 5. The average Bonchev–Trinajstić information content (AvgIpc) is 2.65. The Morgan fingerprint density at radius 3 is 2.96 bits per heavy atom. The fourth-order valence-corrected chi connectivity index (χ4v) is 3.09. The molecular weight excluding hydrogens is 357 g/mol. The highest BCUT2D eigenvalue weighted by atomic mass is 35.5. The van der Waals surface area contributed by atoms with Crippen molar-refractivity contribution in [2.45, 2.75) is 19.6 Å². The van der Waals surface area contributed by atoms with E-state index in [-0.39, 0.29) is 24.4 Å². The molecule has 0 radical (unpaired) electrons. The van der Waals surface area contributed by atoms with Gasteiger partial charge in [0.15, 0.2) is 0 Å². The molecule has 1 aliphatic heterocycles. The topological polar surface area (TPSA) is 38.8 Å². The van der Waals surface area contributed by atoms with Crippen molar-refractivity contribution < 1.29 is 18.7 Å². The summed E-state index contributed by atoms with van der Waals surface area (Å²) in [6.45, 7) is 3.74. The average molecular weight is 378 g/mol. The van der Waals surface area contributed by atoms with Crippen molar-refractivity contribution in [3.8, 4) is 0 Å². The molecule has 4 nitrogen and oxygen atoms in total. The zero-order valence-electron chi connectivity index (χ0n) is 14.6. The summed E-state index contributed by atoms with van der Waals surface area (Å²) < 4.78 is 24.9. The number of halogens is 2. The molecule has 1 fully saturated rings. The summed E-state index contributed by atoms with van der Waals surface area (Å²) in [5.74, 6) is -0.399. The molecule has 1 heterocycles. The molecule has 0 aliphatic carbocycles. The fraction of sp³-hybridized carbons (Fsp3) is 0.350. The van der Waals surface area contributed by atoms with Crippen LogP contribution in [0.4, 0.5) is 4.39 Å². The van der Waals surface area contributed by atoms with Gasteiger partial charge in [-0.3, -0.25) is 4.79 Å². The highest BCUT2D eigenvalue weighted by molar-refractivity contribution is 6.33. The van der Waals surface area contributed by atoms with E-state index in [2.05, 4.69) is 0 Å². The zero-order chi connectivity index (χ0) is 18.5. The molecule has 3 rings (SSSR count). The summed E-state index contributed by atoms with van der Waals surface area (Å²) in [6, 6.07) is 11.9. The Labute approximate surface area is 157 Å². The second-order valence-corrected chi connectivity index (χ2v) is 6.74. The summed E-state index contributed by atoms with van der Waals surface area (Å²) in [5, 5.41) is 0.444. The van der Waals surface area contributed by atoms with Crippen molar-refractivity contribution in [1.82, 2.24) is 4.90 Å². The van der Waals surface area contributed by atoms with Gasteiger partial charge in [-0.25, -0.2) is 4.39 Å². The van der Waals surface area contributed by atoms with E-state index in [0.717, 1.165) is 5.56 Å². The lowest BCUT2D eigenvalue weighted by Gasteiger charge is -2.33. The molecule has 26 heavy (non-hydrogen) atoms. The standard InChI is InChI=1S/C20H21ClFNO3/c1-14-6-7-18(21)17(10-14)20(24)23-8-9-26-16(11-23)13-25-12-15-4-2-3-5-19(15)22/h2-7,10,16H,8-9,11-13H2,1H3. The lowest BCUT2D eigenvalue weighted by atomic mass is 10.1.